The largest absolute Gasteiger partial charge is 0.497 e. The molecule has 0 saturated heterocycles. The van der Waals surface area contributed by atoms with Crippen LogP contribution in [-0.2, 0) is 26.2 Å². The minimum atomic E-state index is -4.22. The molecule has 0 fully saturated rings. The van der Waals surface area contributed by atoms with Gasteiger partial charge in [-0.25, -0.2) is 8.42 Å². The lowest BCUT2D eigenvalue weighted by atomic mass is 10.1. The van der Waals surface area contributed by atoms with Gasteiger partial charge >= 0.3 is 0 Å². The molecule has 220 valence electrons. The van der Waals surface area contributed by atoms with E-state index in [0.29, 0.717) is 34.2 Å². The number of sulfonamides is 1. The van der Waals surface area contributed by atoms with E-state index in [1.807, 2.05) is 13.8 Å². The van der Waals surface area contributed by atoms with Crippen LogP contribution in [0.3, 0.4) is 0 Å². The number of halogens is 2. The zero-order valence-electron chi connectivity index (χ0n) is 23.5. The van der Waals surface area contributed by atoms with Crippen molar-refractivity contribution < 1.29 is 22.7 Å². The third kappa shape index (κ3) is 8.15. The highest BCUT2D eigenvalue weighted by molar-refractivity contribution is 7.92. The molecule has 0 spiro atoms. The number of anilines is 1. The molecule has 0 saturated carbocycles. The second-order valence-electron chi connectivity index (χ2n) is 9.52. The molecule has 11 heteroatoms. The standard InChI is InChI=1S/C30H35Cl2N3O5S/c1-5-21(3)33-30(37)28(6-2)34(19-22-9-7-8-10-27(22)32)29(36)20-35(24-13-11-23(31)12-14-24)41(38,39)26-17-15-25(40-4)16-18-26/h7-18,21,28H,5-6,19-20H2,1-4H3,(H,33,37)/t21-,28-/m1/s1. The minimum absolute atomic E-state index is 0.0159. The molecule has 1 N–H and O–H groups in total. The zero-order chi connectivity index (χ0) is 30.2. The highest BCUT2D eigenvalue weighted by Crippen LogP contribution is 2.28. The molecule has 41 heavy (non-hydrogen) atoms. The van der Waals surface area contributed by atoms with Crippen molar-refractivity contribution in [1.82, 2.24) is 10.2 Å². The van der Waals surface area contributed by atoms with Crippen LogP contribution in [0.1, 0.15) is 39.2 Å². The monoisotopic (exact) mass is 619 g/mol. The van der Waals surface area contributed by atoms with E-state index in [4.69, 9.17) is 27.9 Å². The van der Waals surface area contributed by atoms with Gasteiger partial charge in [-0.2, -0.15) is 0 Å². The lowest BCUT2D eigenvalue weighted by Crippen LogP contribution is -2.53. The predicted molar refractivity (Wildman–Crippen MR) is 163 cm³/mol. The van der Waals surface area contributed by atoms with Gasteiger partial charge in [0.1, 0.15) is 18.3 Å². The van der Waals surface area contributed by atoms with Crippen molar-refractivity contribution in [1.29, 1.82) is 0 Å². The third-order valence-electron chi connectivity index (χ3n) is 6.73. The number of nitrogens with one attached hydrogen (secondary N) is 1. The van der Waals surface area contributed by atoms with Crippen LogP contribution in [0.4, 0.5) is 5.69 Å². The minimum Gasteiger partial charge on any atom is -0.497 e. The number of carbonyl (C=O) groups is 2. The first kappa shape index (κ1) is 32.2. The topological polar surface area (TPSA) is 96.0 Å². The molecule has 0 radical (unpaired) electrons. The van der Waals surface area contributed by atoms with Gasteiger partial charge in [0.05, 0.1) is 17.7 Å². The molecule has 0 heterocycles. The van der Waals surface area contributed by atoms with Crippen molar-refractivity contribution in [2.75, 3.05) is 18.0 Å². The van der Waals surface area contributed by atoms with Crippen LogP contribution in [-0.4, -0.2) is 50.9 Å². The Morgan fingerprint density at radius 2 is 1.56 bits per heavy atom. The van der Waals surface area contributed by atoms with Crippen LogP contribution in [0.5, 0.6) is 5.75 Å². The van der Waals surface area contributed by atoms with E-state index < -0.39 is 28.5 Å². The van der Waals surface area contributed by atoms with E-state index in [-0.39, 0.29) is 29.1 Å². The van der Waals surface area contributed by atoms with Crippen LogP contribution < -0.4 is 14.4 Å². The van der Waals surface area contributed by atoms with E-state index in [9.17, 15) is 18.0 Å². The summed E-state index contributed by atoms with van der Waals surface area (Å²) in [4.78, 5) is 28.8. The van der Waals surface area contributed by atoms with Gasteiger partial charge in [-0.1, -0.05) is 55.2 Å². The Kier molecular flexibility index (Phi) is 11.5. The van der Waals surface area contributed by atoms with Gasteiger partial charge in [-0.05, 0) is 79.9 Å². The highest BCUT2D eigenvalue weighted by atomic mass is 35.5. The first-order valence-electron chi connectivity index (χ1n) is 13.3. The number of hydrogen-bond donors (Lipinski definition) is 1. The Balaban J connectivity index is 2.06. The van der Waals surface area contributed by atoms with Crippen LogP contribution in [0.2, 0.25) is 10.0 Å². The summed E-state index contributed by atoms with van der Waals surface area (Å²) < 4.78 is 34.0. The Labute approximate surface area is 252 Å². The van der Waals surface area contributed by atoms with Crippen LogP contribution in [0.25, 0.3) is 0 Å². The highest BCUT2D eigenvalue weighted by Gasteiger charge is 2.34. The summed E-state index contributed by atoms with van der Waals surface area (Å²) in [5, 5.41) is 3.80. The molecule has 2 atom stereocenters. The Hall–Kier alpha value is -3.27. The summed E-state index contributed by atoms with van der Waals surface area (Å²) in [6.07, 6.45) is 1.02. The average Bonchev–Trinajstić information content (AvgIpc) is 2.97. The second-order valence-corrected chi connectivity index (χ2v) is 12.2. The lowest BCUT2D eigenvalue weighted by molar-refractivity contribution is -0.140. The number of ether oxygens (including phenoxy) is 1. The molecule has 0 aliphatic carbocycles. The number of amides is 2. The smallest absolute Gasteiger partial charge is 0.264 e. The number of carbonyl (C=O) groups excluding carboxylic acids is 2. The summed E-state index contributed by atoms with van der Waals surface area (Å²) >= 11 is 12.5. The van der Waals surface area contributed by atoms with E-state index in [1.54, 1.807) is 43.3 Å². The van der Waals surface area contributed by atoms with Gasteiger partial charge in [-0.15, -0.1) is 0 Å². The molecule has 0 aliphatic rings. The maximum Gasteiger partial charge on any atom is 0.264 e. The van der Waals surface area contributed by atoms with Gasteiger partial charge in [0.15, 0.2) is 0 Å². The van der Waals surface area contributed by atoms with Gasteiger partial charge in [-0.3, -0.25) is 13.9 Å². The molecule has 0 bridgehead atoms. The predicted octanol–water partition coefficient (Wildman–Crippen LogP) is 5.92. The van der Waals surface area contributed by atoms with Crippen LogP contribution in [0, 0.1) is 0 Å². The number of benzene rings is 3. The third-order valence-corrected chi connectivity index (χ3v) is 9.14. The summed E-state index contributed by atoms with van der Waals surface area (Å²) in [5.74, 6) is -0.400. The summed E-state index contributed by atoms with van der Waals surface area (Å²) in [6.45, 7) is 5.09. The second kappa shape index (κ2) is 14.6. The molecule has 8 nitrogen and oxygen atoms in total. The summed E-state index contributed by atoms with van der Waals surface area (Å²) in [6, 6.07) is 18.1. The summed E-state index contributed by atoms with van der Waals surface area (Å²) in [5.41, 5.74) is 0.877. The Bertz CT molecular complexity index is 1430. The lowest BCUT2D eigenvalue weighted by Gasteiger charge is -2.34. The molecule has 0 aliphatic heterocycles. The van der Waals surface area contributed by atoms with Crippen molar-refractivity contribution in [2.24, 2.45) is 0 Å². The molecule has 3 rings (SSSR count). The van der Waals surface area contributed by atoms with E-state index in [0.717, 1.165) is 4.31 Å². The van der Waals surface area contributed by atoms with Crippen LogP contribution in [0.15, 0.2) is 77.7 Å². The molecular weight excluding hydrogens is 585 g/mol. The Morgan fingerprint density at radius 1 is 0.927 bits per heavy atom. The fourth-order valence-electron chi connectivity index (χ4n) is 4.18. The Morgan fingerprint density at radius 3 is 2.12 bits per heavy atom. The average molecular weight is 621 g/mol. The van der Waals surface area contributed by atoms with Gasteiger partial charge in [0.2, 0.25) is 11.8 Å². The molecular formula is C30H35Cl2N3O5S. The number of nitrogens with zero attached hydrogens (tertiary/aromatic N) is 2. The SMILES string of the molecule is CC[C@@H](C)NC(=O)[C@@H](CC)N(Cc1ccccc1Cl)C(=O)CN(c1ccc(Cl)cc1)S(=O)(=O)c1ccc(OC)cc1. The van der Waals surface area contributed by atoms with Crippen molar-refractivity contribution in [2.45, 2.75) is 57.1 Å². The van der Waals surface area contributed by atoms with Gasteiger partial charge < -0.3 is 15.0 Å². The fourth-order valence-corrected chi connectivity index (χ4v) is 5.92. The van der Waals surface area contributed by atoms with E-state index >= 15 is 0 Å². The molecule has 0 unspecified atom stereocenters. The van der Waals surface area contributed by atoms with Gasteiger partial charge in [0.25, 0.3) is 10.0 Å². The molecule has 3 aromatic rings. The van der Waals surface area contributed by atoms with Crippen LogP contribution >= 0.6 is 23.2 Å². The van der Waals surface area contributed by atoms with E-state index in [2.05, 4.69) is 5.32 Å². The summed E-state index contributed by atoms with van der Waals surface area (Å²) in [7, 11) is -2.73. The fraction of sp³-hybridized carbons (Fsp3) is 0.333. The number of hydrogen-bond acceptors (Lipinski definition) is 5. The quantitative estimate of drug-likeness (QED) is 0.256. The van der Waals surface area contributed by atoms with Crippen molar-refractivity contribution in [3.8, 4) is 5.75 Å². The maximum atomic E-state index is 14.1. The normalized spacial score (nSPS) is 12.7. The number of rotatable bonds is 13. The molecule has 2 amide bonds. The molecule has 3 aromatic carbocycles. The van der Waals surface area contributed by atoms with Crippen molar-refractivity contribution in [3.05, 3.63) is 88.4 Å². The van der Waals surface area contributed by atoms with Crippen molar-refractivity contribution >= 4 is 50.7 Å². The van der Waals surface area contributed by atoms with E-state index in [1.165, 1.54) is 48.4 Å². The maximum absolute atomic E-state index is 14.1. The molecule has 0 aromatic heterocycles. The first-order valence-corrected chi connectivity index (χ1v) is 15.5. The van der Waals surface area contributed by atoms with Crippen molar-refractivity contribution in [3.63, 3.8) is 0 Å². The van der Waals surface area contributed by atoms with Gasteiger partial charge in [0, 0.05) is 22.6 Å². The number of methoxy groups -OCH3 is 1. The first-order chi connectivity index (χ1) is 19.5. The zero-order valence-corrected chi connectivity index (χ0v) is 25.8.